The summed E-state index contributed by atoms with van der Waals surface area (Å²) >= 11 is 0. The molecule has 0 bridgehead atoms. The Bertz CT molecular complexity index is 612. The summed E-state index contributed by atoms with van der Waals surface area (Å²) in [5.41, 5.74) is 16.0. The molecule has 0 aliphatic carbocycles. The molecule has 4 amide bonds. The number of aliphatic carboxylic acids is 1. The molecule has 0 heterocycles. The minimum atomic E-state index is -1.20. The fourth-order valence-corrected chi connectivity index (χ4v) is 2.58. The first-order valence-electron chi connectivity index (χ1n) is 9.82. The van der Waals surface area contributed by atoms with Gasteiger partial charge in [0, 0.05) is 0 Å². The van der Waals surface area contributed by atoms with Crippen molar-refractivity contribution in [1.82, 2.24) is 16.0 Å². The fraction of sp³-hybridized carbons (Fsp3) is 0.722. The molecule has 0 radical (unpaired) electrons. The molecule has 3 atom stereocenters. The van der Waals surface area contributed by atoms with Crippen molar-refractivity contribution in [2.45, 2.75) is 64.1 Å². The molecule has 0 fully saturated rings. The number of amides is 4. The number of primary amides is 1. The Morgan fingerprint density at radius 1 is 0.967 bits per heavy atom. The average molecular weight is 431 g/mol. The summed E-state index contributed by atoms with van der Waals surface area (Å²) in [6, 6.07) is -3.26. The van der Waals surface area contributed by atoms with Crippen molar-refractivity contribution in [3.8, 4) is 0 Å². The predicted molar refractivity (Wildman–Crippen MR) is 109 cm³/mol. The molecule has 0 rings (SSSR count). The van der Waals surface area contributed by atoms with Gasteiger partial charge < -0.3 is 38.3 Å². The molecule has 0 saturated carbocycles. The maximum Gasteiger partial charge on any atom is 0.326 e. The second-order valence-corrected chi connectivity index (χ2v) is 7.43. The van der Waals surface area contributed by atoms with Crippen LogP contribution in [0.25, 0.3) is 0 Å². The Labute approximate surface area is 175 Å². The Morgan fingerprint density at radius 2 is 1.60 bits per heavy atom. The number of carbonyl (C=O) groups excluding carboxylic acids is 4. The Kier molecular flexibility index (Phi) is 13.0. The van der Waals surface area contributed by atoms with Crippen molar-refractivity contribution >= 4 is 29.6 Å². The van der Waals surface area contributed by atoms with E-state index in [1.807, 2.05) is 13.8 Å². The van der Waals surface area contributed by atoms with Gasteiger partial charge in [-0.15, -0.1) is 0 Å². The van der Waals surface area contributed by atoms with Gasteiger partial charge in [-0.25, -0.2) is 4.79 Å². The van der Waals surface area contributed by atoms with E-state index in [0.29, 0.717) is 19.4 Å². The lowest BCUT2D eigenvalue weighted by Crippen LogP contribution is -2.54. The summed E-state index contributed by atoms with van der Waals surface area (Å²) in [6.45, 7) is 3.63. The van der Waals surface area contributed by atoms with Crippen LogP contribution in [0.4, 0.5) is 0 Å². The van der Waals surface area contributed by atoms with Gasteiger partial charge in [-0.1, -0.05) is 13.8 Å². The van der Waals surface area contributed by atoms with Crippen LogP contribution in [0.5, 0.6) is 0 Å². The minimum Gasteiger partial charge on any atom is -0.480 e. The number of carbonyl (C=O) groups is 5. The second kappa shape index (κ2) is 14.3. The molecule has 0 aromatic rings. The molecular formula is C18H34N6O6. The molecule has 30 heavy (non-hydrogen) atoms. The van der Waals surface area contributed by atoms with Gasteiger partial charge in [0.05, 0.1) is 19.0 Å². The lowest BCUT2D eigenvalue weighted by molar-refractivity contribution is -0.142. The highest BCUT2D eigenvalue weighted by Crippen LogP contribution is 2.06. The van der Waals surface area contributed by atoms with Gasteiger partial charge in [0.15, 0.2) is 0 Å². The number of hydrogen-bond acceptors (Lipinski definition) is 7. The third-order valence-corrected chi connectivity index (χ3v) is 4.10. The third kappa shape index (κ3) is 12.0. The second-order valence-electron chi connectivity index (χ2n) is 7.43. The number of nitrogens with two attached hydrogens (primary N) is 3. The minimum absolute atomic E-state index is 0.0289. The monoisotopic (exact) mass is 430 g/mol. The zero-order chi connectivity index (χ0) is 23.3. The van der Waals surface area contributed by atoms with Crippen LogP contribution < -0.4 is 33.2 Å². The zero-order valence-electron chi connectivity index (χ0n) is 17.5. The number of carboxylic acids is 1. The quantitative estimate of drug-likeness (QED) is 0.138. The van der Waals surface area contributed by atoms with E-state index >= 15 is 0 Å². The number of hydrogen-bond donors (Lipinski definition) is 7. The fourth-order valence-electron chi connectivity index (χ4n) is 2.58. The summed E-state index contributed by atoms with van der Waals surface area (Å²) in [6.07, 6.45) is 1.28. The van der Waals surface area contributed by atoms with E-state index < -0.39 is 54.3 Å². The van der Waals surface area contributed by atoms with Crippen LogP contribution >= 0.6 is 0 Å². The molecule has 10 N–H and O–H groups in total. The van der Waals surface area contributed by atoms with E-state index in [2.05, 4.69) is 16.0 Å². The van der Waals surface area contributed by atoms with Gasteiger partial charge in [-0.3, -0.25) is 19.2 Å². The first-order chi connectivity index (χ1) is 14.0. The third-order valence-electron chi connectivity index (χ3n) is 4.10. The predicted octanol–water partition coefficient (Wildman–Crippen LogP) is -2.47. The first-order valence-corrected chi connectivity index (χ1v) is 9.82. The number of carboxylic acid groups (broad SMARTS) is 1. The van der Waals surface area contributed by atoms with Gasteiger partial charge >= 0.3 is 5.97 Å². The number of rotatable bonds is 15. The average Bonchev–Trinajstić information content (AvgIpc) is 2.63. The first kappa shape index (κ1) is 27.3. The van der Waals surface area contributed by atoms with E-state index in [-0.39, 0.29) is 25.2 Å². The molecule has 0 aliphatic heterocycles. The van der Waals surface area contributed by atoms with E-state index in [1.165, 1.54) is 0 Å². The van der Waals surface area contributed by atoms with Gasteiger partial charge in [-0.05, 0) is 38.1 Å². The van der Waals surface area contributed by atoms with Crippen molar-refractivity contribution in [1.29, 1.82) is 0 Å². The van der Waals surface area contributed by atoms with Crippen LogP contribution in [-0.4, -0.2) is 65.9 Å². The molecule has 0 aromatic carbocycles. The summed E-state index contributed by atoms with van der Waals surface area (Å²) in [4.78, 5) is 58.7. The van der Waals surface area contributed by atoms with Gasteiger partial charge in [0.1, 0.15) is 12.1 Å². The van der Waals surface area contributed by atoms with Crippen molar-refractivity contribution in [3.63, 3.8) is 0 Å². The van der Waals surface area contributed by atoms with Crippen molar-refractivity contribution in [3.05, 3.63) is 0 Å². The Morgan fingerprint density at radius 3 is 2.10 bits per heavy atom. The largest absolute Gasteiger partial charge is 0.480 e. The normalized spacial score (nSPS) is 13.8. The molecule has 0 aromatic heterocycles. The molecule has 0 aliphatic rings. The standard InChI is InChI=1S/C18H34N6O6/c1-10(2)7-13(24-16(27)11(20)8-14(21)25)17(28)22-9-15(26)23-12(18(29)30)5-3-4-6-19/h10-13H,3-9,19-20H2,1-2H3,(H2,21,25)(H,22,28)(H,23,26)(H,24,27)(H,29,30). The van der Waals surface area contributed by atoms with E-state index in [4.69, 9.17) is 17.2 Å². The van der Waals surface area contributed by atoms with Crippen LogP contribution in [-0.2, 0) is 24.0 Å². The topological polar surface area (TPSA) is 220 Å². The van der Waals surface area contributed by atoms with Crippen LogP contribution in [0.3, 0.4) is 0 Å². The molecule has 172 valence electrons. The maximum atomic E-state index is 12.4. The molecule has 3 unspecified atom stereocenters. The van der Waals surface area contributed by atoms with Crippen LogP contribution in [0.1, 0.15) is 46.0 Å². The Hall–Kier alpha value is -2.73. The summed E-state index contributed by atoms with van der Waals surface area (Å²) < 4.78 is 0. The maximum absolute atomic E-state index is 12.4. The smallest absolute Gasteiger partial charge is 0.326 e. The molecule has 12 heteroatoms. The van der Waals surface area contributed by atoms with E-state index in [1.54, 1.807) is 0 Å². The van der Waals surface area contributed by atoms with Gasteiger partial charge in [-0.2, -0.15) is 0 Å². The highest BCUT2D eigenvalue weighted by molar-refractivity contribution is 5.93. The van der Waals surface area contributed by atoms with Gasteiger partial charge in [0.25, 0.3) is 0 Å². The number of unbranched alkanes of at least 4 members (excludes halogenated alkanes) is 1. The zero-order valence-corrected chi connectivity index (χ0v) is 17.5. The van der Waals surface area contributed by atoms with Crippen molar-refractivity contribution in [2.75, 3.05) is 13.1 Å². The van der Waals surface area contributed by atoms with E-state index in [0.717, 1.165) is 0 Å². The van der Waals surface area contributed by atoms with Crippen LogP contribution in [0.2, 0.25) is 0 Å². The van der Waals surface area contributed by atoms with Crippen LogP contribution in [0.15, 0.2) is 0 Å². The number of nitrogens with one attached hydrogen (secondary N) is 3. The van der Waals surface area contributed by atoms with Gasteiger partial charge in [0.2, 0.25) is 23.6 Å². The molecule has 0 spiro atoms. The highest BCUT2D eigenvalue weighted by Gasteiger charge is 2.26. The highest BCUT2D eigenvalue weighted by atomic mass is 16.4. The molecule has 12 nitrogen and oxygen atoms in total. The summed E-state index contributed by atoms with van der Waals surface area (Å²) in [5, 5.41) is 16.3. The summed E-state index contributed by atoms with van der Waals surface area (Å²) in [5.74, 6) is -3.93. The lowest BCUT2D eigenvalue weighted by Gasteiger charge is -2.22. The van der Waals surface area contributed by atoms with Crippen molar-refractivity contribution < 1.29 is 29.1 Å². The molecular weight excluding hydrogens is 396 g/mol. The SMILES string of the molecule is CC(C)CC(NC(=O)C(N)CC(N)=O)C(=O)NCC(=O)NC(CCCCN)C(=O)O. The van der Waals surface area contributed by atoms with E-state index in [9.17, 15) is 29.1 Å². The molecule has 0 saturated heterocycles. The summed E-state index contributed by atoms with van der Waals surface area (Å²) in [7, 11) is 0. The van der Waals surface area contributed by atoms with Crippen molar-refractivity contribution in [2.24, 2.45) is 23.1 Å². The Balaban J connectivity index is 4.79. The lowest BCUT2D eigenvalue weighted by atomic mass is 10.0. The van der Waals surface area contributed by atoms with Crippen LogP contribution in [0, 0.1) is 5.92 Å².